The summed E-state index contributed by atoms with van der Waals surface area (Å²) in [4.78, 5) is 12.1. The number of amides is 1. The van der Waals surface area contributed by atoms with Crippen LogP contribution in [0.1, 0.15) is 30.1 Å². The van der Waals surface area contributed by atoms with Gasteiger partial charge in [0.2, 0.25) is 0 Å². The minimum Gasteiger partial charge on any atom is -0.351 e. The quantitative estimate of drug-likeness (QED) is 0.776. The van der Waals surface area contributed by atoms with E-state index < -0.39 is 0 Å². The Hall–Kier alpha value is -0.330. The Balaban J connectivity index is 1.97. The van der Waals surface area contributed by atoms with Crippen LogP contribution in [0.25, 0.3) is 0 Å². The summed E-state index contributed by atoms with van der Waals surface area (Å²) in [6.45, 7) is 4.98. The molecule has 104 valence electrons. The standard InChI is InChI=1S/C14H18ClIN2O/c1-14(4-6-17-7-5-14)9-18-13(19)11-3-2-10(16)8-12(11)15/h2-3,8,17H,4-7,9H2,1H3,(H,18,19). The third kappa shape index (κ3) is 4.07. The van der Waals surface area contributed by atoms with Gasteiger partial charge in [0.1, 0.15) is 0 Å². The molecule has 1 aromatic carbocycles. The van der Waals surface area contributed by atoms with Crippen LogP contribution in [0, 0.1) is 8.99 Å². The molecule has 0 spiro atoms. The minimum absolute atomic E-state index is 0.0823. The molecule has 0 atom stereocenters. The van der Waals surface area contributed by atoms with E-state index in [2.05, 4.69) is 40.1 Å². The van der Waals surface area contributed by atoms with Crippen LogP contribution in [-0.2, 0) is 0 Å². The topological polar surface area (TPSA) is 41.1 Å². The monoisotopic (exact) mass is 392 g/mol. The molecule has 1 aliphatic heterocycles. The number of nitrogens with one attached hydrogen (secondary N) is 2. The molecule has 1 saturated heterocycles. The third-order valence-corrected chi connectivity index (χ3v) is 4.65. The average Bonchev–Trinajstić information content (AvgIpc) is 2.37. The molecule has 1 aliphatic rings. The number of carbonyl (C=O) groups excluding carboxylic acids is 1. The molecule has 0 unspecified atom stereocenters. The molecule has 2 rings (SSSR count). The first-order valence-corrected chi connectivity index (χ1v) is 7.90. The largest absolute Gasteiger partial charge is 0.351 e. The predicted molar refractivity (Wildman–Crippen MR) is 86.7 cm³/mol. The summed E-state index contributed by atoms with van der Waals surface area (Å²) in [6.07, 6.45) is 2.18. The van der Waals surface area contributed by atoms with Gasteiger partial charge in [0.05, 0.1) is 10.6 Å². The Labute approximate surface area is 132 Å². The highest BCUT2D eigenvalue weighted by Gasteiger charge is 2.27. The van der Waals surface area contributed by atoms with Crippen molar-refractivity contribution in [3.63, 3.8) is 0 Å². The van der Waals surface area contributed by atoms with Crippen molar-refractivity contribution in [1.82, 2.24) is 10.6 Å². The van der Waals surface area contributed by atoms with Crippen molar-refractivity contribution in [2.75, 3.05) is 19.6 Å². The number of carbonyl (C=O) groups is 1. The van der Waals surface area contributed by atoms with Gasteiger partial charge in [-0.05, 0) is 72.1 Å². The van der Waals surface area contributed by atoms with Crippen LogP contribution in [-0.4, -0.2) is 25.5 Å². The molecule has 1 aromatic rings. The zero-order chi connectivity index (χ0) is 13.9. The molecule has 1 heterocycles. The maximum atomic E-state index is 12.1. The Kier molecular flexibility index (Phi) is 5.09. The first-order chi connectivity index (χ1) is 9.00. The van der Waals surface area contributed by atoms with Crippen LogP contribution < -0.4 is 10.6 Å². The van der Waals surface area contributed by atoms with E-state index in [1.54, 1.807) is 6.07 Å². The van der Waals surface area contributed by atoms with Gasteiger partial charge in [-0.25, -0.2) is 0 Å². The fourth-order valence-corrected chi connectivity index (χ4v) is 3.21. The highest BCUT2D eigenvalue weighted by molar-refractivity contribution is 14.1. The highest BCUT2D eigenvalue weighted by Crippen LogP contribution is 2.27. The van der Waals surface area contributed by atoms with Gasteiger partial charge in [0.25, 0.3) is 5.91 Å². The zero-order valence-corrected chi connectivity index (χ0v) is 13.8. The third-order valence-electron chi connectivity index (χ3n) is 3.66. The fraction of sp³-hybridized carbons (Fsp3) is 0.500. The second-order valence-electron chi connectivity index (χ2n) is 5.37. The molecular formula is C14H18ClIN2O. The van der Waals surface area contributed by atoms with E-state index in [0.717, 1.165) is 29.5 Å². The zero-order valence-electron chi connectivity index (χ0n) is 10.9. The van der Waals surface area contributed by atoms with Gasteiger partial charge in [-0.3, -0.25) is 4.79 Å². The van der Waals surface area contributed by atoms with Crippen molar-refractivity contribution in [2.24, 2.45) is 5.41 Å². The number of hydrogen-bond donors (Lipinski definition) is 2. The number of rotatable bonds is 3. The molecule has 0 radical (unpaired) electrons. The van der Waals surface area contributed by atoms with Crippen molar-refractivity contribution in [1.29, 1.82) is 0 Å². The van der Waals surface area contributed by atoms with Gasteiger partial charge >= 0.3 is 0 Å². The van der Waals surface area contributed by atoms with Crippen molar-refractivity contribution in [2.45, 2.75) is 19.8 Å². The second-order valence-corrected chi connectivity index (χ2v) is 7.02. The van der Waals surface area contributed by atoms with Gasteiger partial charge in [-0.1, -0.05) is 18.5 Å². The van der Waals surface area contributed by atoms with Crippen LogP contribution in [0.4, 0.5) is 0 Å². The molecule has 0 aromatic heterocycles. The molecule has 1 amide bonds. The van der Waals surface area contributed by atoms with E-state index in [0.29, 0.717) is 17.1 Å². The summed E-state index contributed by atoms with van der Waals surface area (Å²) in [5.74, 6) is -0.0823. The summed E-state index contributed by atoms with van der Waals surface area (Å²) in [7, 11) is 0. The van der Waals surface area contributed by atoms with E-state index in [-0.39, 0.29) is 11.3 Å². The van der Waals surface area contributed by atoms with E-state index in [1.165, 1.54) is 0 Å². The first-order valence-electron chi connectivity index (χ1n) is 6.44. The van der Waals surface area contributed by atoms with E-state index in [1.807, 2.05) is 12.1 Å². The van der Waals surface area contributed by atoms with Gasteiger partial charge in [-0.15, -0.1) is 0 Å². The van der Waals surface area contributed by atoms with Crippen LogP contribution in [0.15, 0.2) is 18.2 Å². The SMILES string of the molecule is CC1(CNC(=O)c2ccc(I)cc2Cl)CCNCC1. The lowest BCUT2D eigenvalue weighted by Gasteiger charge is -2.34. The van der Waals surface area contributed by atoms with Crippen molar-refractivity contribution >= 4 is 40.1 Å². The van der Waals surface area contributed by atoms with E-state index in [4.69, 9.17) is 11.6 Å². The van der Waals surface area contributed by atoms with Gasteiger partial charge < -0.3 is 10.6 Å². The summed E-state index contributed by atoms with van der Waals surface area (Å²) in [6, 6.07) is 5.49. The highest BCUT2D eigenvalue weighted by atomic mass is 127. The summed E-state index contributed by atoms with van der Waals surface area (Å²) in [5, 5.41) is 6.87. The van der Waals surface area contributed by atoms with Crippen molar-refractivity contribution in [3.05, 3.63) is 32.4 Å². The van der Waals surface area contributed by atoms with Crippen LogP contribution in [0.5, 0.6) is 0 Å². The summed E-state index contributed by atoms with van der Waals surface area (Å²) >= 11 is 8.29. The fourth-order valence-electron chi connectivity index (χ4n) is 2.27. The first kappa shape index (κ1) is 15.1. The maximum absolute atomic E-state index is 12.1. The molecule has 2 N–H and O–H groups in total. The number of hydrogen-bond acceptors (Lipinski definition) is 2. The minimum atomic E-state index is -0.0823. The average molecular weight is 393 g/mol. The Morgan fingerprint density at radius 1 is 1.47 bits per heavy atom. The normalized spacial score (nSPS) is 18.1. The molecular weight excluding hydrogens is 375 g/mol. The molecule has 0 saturated carbocycles. The lowest BCUT2D eigenvalue weighted by atomic mass is 9.81. The van der Waals surface area contributed by atoms with Gasteiger partial charge in [0, 0.05) is 10.1 Å². The van der Waals surface area contributed by atoms with Crippen LogP contribution in [0.3, 0.4) is 0 Å². The molecule has 1 fully saturated rings. The second kappa shape index (κ2) is 6.41. The van der Waals surface area contributed by atoms with Crippen LogP contribution in [0.2, 0.25) is 5.02 Å². The van der Waals surface area contributed by atoms with Gasteiger partial charge in [0.15, 0.2) is 0 Å². The van der Waals surface area contributed by atoms with E-state index >= 15 is 0 Å². The Morgan fingerprint density at radius 2 is 2.16 bits per heavy atom. The molecule has 0 aliphatic carbocycles. The predicted octanol–water partition coefficient (Wildman–Crippen LogP) is 3.06. The number of piperidine rings is 1. The Morgan fingerprint density at radius 3 is 2.79 bits per heavy atom. The van der Waals surface area contributed by atoms with Gasteiger partial charge in [-0.2, -0.15) is 0 Å². The summed E-state index contributed by atoms with van der Waals surface area (Å²) in [5.41, 5.74) is 0.746. The van der Waals surface area contributed by atoms with Crippen LogP contribution >= 0.6 is 34.2 Å². The maximum Gasteiger partial charge on any atom is 0.252 e. The Bertz CT molecular complexity index is 473. The van der Waals surface area contributed by atoms with Crippen molar-refractivity contribution < 1.29 is 4.79 Å². The smallest absolute Gasteiger partial charge is 0.252 e. The van der Waals surface area contributed by atoms with E-state index in [9.17, 15) is 4.79 Å². The summed E-state index contributed by atoms with van der Waals surface area (Å²) < 4.78 is 1.03. The lowest BCUT2D eigenvalue weighted by molar-refractivity contribution is 0.0922. The number of halogens is 2. The number of benzene rings is 1. The lowest BCUT2D eigenvalue weighted by Crippen LogP contribution is -2.42. The van der Waals surface area contributed by atoms with Crippen molar-refractivity contribution in [3.8, 4) is 0 Å². The molecule has 19 heavy (non-hydrogen) atoms. The molecule has 5 heteroatoms. The molecule has 0 bridgehead atoms. The molecule has 3 nitrogen and oxygen atoms in total.